The molecule has 0 aliphatic rings. The van der Waals surface area contributed by atoms with Crippen LogP contribution in [0.15, 0.2) is 24.2 Å². The molecule has 0 aromatic carbocycles. The Labute approximate surface area is 101 Å². The van der Waals surface area contributed by atoms with Crippen molar-refractivity contribution in [1.82, 2.24) is 0 Å². The first kappa shape index (κ1) is 15.3. The van der Waals surface area contributed by atoms with Crippen molar-refractivity contribution in [1.29, 1.82) is 0 Å². The summed E-state index contributed by atoms with van der Waals surface area (Å²) in [5.74, 6) is 0.622. The molecule has 0 spiro atoms. The Bertz CT molecular complexity index is 260. The van der Waals surface area contributed by atoms with Crippen molar-refractivity contribution < 1.29 is 9.16 Å². The van der Waals surface area contributed by atoms with E-state index >= 15 is 0 Å². The molecule has 0 atom stereocenters. The maximum atomic E-state index is 6.02. The van der Waals surface area contributed by atoms with Crippen LogP contribution in [-0.4, -0.2) is 15.4 Å². The van der Waals surface area contributed by atoms with Crippen LogP contribution >= 0.6 is 0 Å². The molecule has 16 heavy (non-hydrogen) atoms. The van der Waals surface area contributed by atoms with E-state index in [4.69, 9.17) is 9.16 Å². The molecule has 0 unspecified atom stereocenters. The number of rotatable bonds is 5. The lowest BCUT2D eigenvalue weighted by Gasteiger charge is -2.36. The Balaban J connectivity index is 4.67. The molecule has 0 aromatic rings. The third-order valence-corrected chi connectivity index (χ3v) is 7.29. The number of hydrogen-bond donors (Lipinski definition) is 0. The highest BCUT2D eigenvalue weighted by molar-refractivity contribution is 6.74. The predicted octanol–water partition coefficient (Wildman–Crippen LogP) is 4.46. The highest BCUT2D eigenvalue weighted by Gasteiger charge is 2.39. The van der Waals surface area contributed by atoms with Gasteiger partial charge in [-0.25, -0.2) is 0 Å². The molecule has 0 aliphatic heterocycles. The summed E-state index contributed by atoms with van der Waals surface area (Å²) in [6.45, 7) is 13.2. The lowest BCUT2D eigenvalue weighted by atomic mass is 10.2. The van der Waals surface area contributed by atoms with Crippen LogP contribution in [0.2, 0.25) is 18.1 Å². The lowest BCUT2D eigenvalue weighted by Crippen LogP contribution is -2.40. The van der Waals surface area contributed by atoms with Gasteiger partial charge in [-0.1, -0.05) is 39.8 Å². The summed E-state index contributed by atoms with van der Waals surface area (Å²) in [7, 11) is -0.125. The van der Waals surface area contributed by atoms with E-state index in [1.807, 2.05) is 12.2 Å². The normalized spacial score (nSPS) is 14.3. The third kappa shape index (κ3) is 4.88. The minimum atomic E-state index is -1.78. The van der Waals surface area contributed by atoms with Gasteiger partial charge in [-0.3, -0.25) is 0 Å². The summed E-state index contributed by atoms with van der Waals surface area (Å²) in [6.07, 6.45) is 6.97. The maximum absolute atomic E-state index is 6.02. The van der Waals surface area contributed by atoms with Crippen molar-refractivity contribution >= 4 is 8.32 Å². The van der Waals surface area contributed by atoms with Crippen LogP contribution in [0.25, 0.3) is 0 Å². The Kier molecular flexibility index (Phi) is 5.87. The van der Waals surface area contributed by atoms with Gasteiger partial charge in [0.05, 0.1) is 7.11 Å². The monoisotopic (exact) mass is 242 g/mol. The molecular formula is C13H26O2Si. The van der Waals surface area contributed by atoms with Crippen LogP contribution in [0, 0.1) is 0 Å². The Morgan fingerprint density at radius 2 is 1.81 bits per heavy atom. The van der Waals surface area contributed by atoms with Crippen LogP contribution in [0.3, 0.4) is 0 Å². The molecule has 2 nitrogen and oxygen atoms in total. The van der Waals surface area contributed by atoms with Gasteiger partial charge in [0.2, 0.25) is 0 Å². The second-order valence-electron chi connectivity index (χ2n) is 5.39. The van der Waals surface area contributed by atoms with Crippen LogP contribution in [0.4, 0.5) is 0 Å². The molecule has 0 radical (unpaired) electrons. The molecular weight excluding hydrogens is 216 g/mol. The standard InChI is InChI=1S/C13H26O2Si/c1-8-9-10-11-12(14-5)15-16(6,7)13(2,3)4/h9-11H,8H2,1-7H3/b10-9-,12-11-. The smallest absolute Gasteiger partial charge is 0.264 e. The second-order valence-corrected chi connectivity index (χ2v) is 10.1. The number of ether oxygens (including phenoxy) is 1. The van der Waals surface area contributed by atoms with Crippen molar-refractivity contribution in [3.8, 4) is 0 Å². The van der Waals surface area contributed by atoms with Gasteiger partial charge >= 0.3 is 0 Å². The first-order chi connectivity index (χ1) is 7.24. The van der Waals surface area contributed by atoms with Gasteiger partial charge in [-0.2, -0.15) is 0 Å². The van der Waals surface area contributed by atoms with E-state index < -0.39 is 8.32 Å². The highest BCUT2D eigenvalue weighted by atomic mass is 28.4. The van der Waals surface area contributed by atoms with Gasteiger partial charge in [0, 0.05) is 6.08 Å². The average molecular weight is 242 g/mol. The second kappa shape index (κ2) is 6.14. The summed E-state index contributed by atoms with van der Waals surface area (Å²) in [4.78, 5) is 0. The largest absolute Gasteiger partial charge is 0.519 e. The molecule has 0 bridgehead atoms. The lowest BCUT2D eigenvalue weighted by molar-refractivity contribution is 0.141. The minimum absolute atomic E-state index is 0.194. The number of methoxy groups -OCH3 is 1. The van der Waals surface area contributed by atoms with Gasteiger partial charge < -0.3 is 9.16 Å². The van der Waals surface area contributed by atoms with E-state index in [1.54, 1.807) is 7.11 Å². The molecule has 0 rings (SSSR count). The molecule has 0 aromatic heterocycles. The number of allylic oxidation sites excluding steroid dienone is 3. The summed E-state index contributed by atoms with van der Waals surface area (Å²) < 4.78 is 11.3. The molecule has 0 fully saturated rings. The van der Waals surface area contributed by atoms with Gasteiger partial charge in [0.25, 0.3) is 14.3 Å². The van der Waals surface area contributed by atoms with E-state index in [2.05, 4.69) is 46.9 Å². The van der Waals surface area contributed by atoms with Crippen LogP contribution < -0.4 is 0 Å². The summed E-state index contributed by atoms with van der Waals surface area (Å²) in [5.41, 5.74) is 0. The fourth-order valence-electron chi connectivity index (χ4n) is 0.831. The molecule has 94 valence electrons. The zero-order valence-electron chi connectivity index (χ0n) is 11.8. The third-order valence-electron chi connectivity index (χ3n) is 2.97. The summed E-state index contributed by atoms with van der Waals surface area (Å²) in [5, 5.41) is 0.194. The number of hydrogen-bond acceptors (Lipinski definition) is 2. The quantitative estimate of drug-likeness (QED) is 0.402. The van der Waals surface area contributed by atoms with Crippen LogP contribution in [0.5, 0.6) is 0 Å². The molecule has 3 heteroatoms. The maximum Gasteiger partial charge on any atom is 0.264 e. The summed E-state index contributed by atoms with van der Waals surface area (Å²) in [6, 6.07) is 0. The van der Waals surface area contributed by atoms with Crippen molar-refractivity contribution in [2.75, 3.05) is 7.11 Å². The Morgan fingerprint density at radius 3 is 2.19 bits per heavy atom. The van der Waals surface area contributed by atoms with Crippen molar-refractivity contribution in [2.24, 2.45) is 0 Å². The predicted molar refractivity (Wildman–Crippen MR) is 72.8 cm³/mol. The van der Waals surface area contributed by atoms with E-state index in [0.29, 0.717) is 5.95 Å². The topological polar surface area (TPSA) is 18.5 Å². The Hall–Kier alpha value is -0.703. The van der Waals surface area contributed by atoms with E-state index in [1.165, 1.54) is 0 Å². The minimum Gasteiger partial charge on any atom is -0.519 e. The zero-order valence-corrected chi connectivity index (χ0v) is 12.8. The average Bonchev–Trinajstić information content (AvgIpc) is 2.14. The highest BCUT2D eigenvalue weighted by Crippen LogP contribution is 2.37. The van der Waals surface area contributed by atoms with Gasteiger partial charge in [-0.15, -0.1) is 0 Å². The first-order valence-electron chi connectivity index (χ1n) is 5.84. The van der Waals surface area contributed by atoms with Crippen LogP contribution in [0.1, 0.15) is 34.1 Å². The molecule has 0 amide bonds. The van der Waals surface area contributed by atoms with Gasteiger partial charge in [0.1, 0.15) is 0 Å². The van der Waals surface area contributed by atoms with Crippen molar-refractivity contribution in [2.45, 2.75) is 52.2 Å². The summed E-state index contributed by atoms with van der Waals surface area (Å²) >= 11 is 0. The van der Waals surface area contributed by atoms with Crippen LogP contribution in [-0.2, 0) is 9.16 Å². The van der Waals surface area contributed by atoms with Gasteiger partial charge in [0.15, 0.2) is 0 Å². The SMILES string of the molecule is CC/C=C\C=C(\OC)O[Si](C)(C)C(C)(C)C. The molecule has 0 N–H and O–H groups in total. The molecule has 0 heterocycles. The Morgan fingerprint density at radius 1 is 1.25 bits per heavy atom. The zero-order chi connectivity index (χ0) is 12.8. The van der Waals surface area contributed by atoms with E-state index in [9.17, 15) is 0 Å². The molecule has 0 saturated heterocycles. The fraction of sp³-hybridized carbons (Fsp3) is 0.692. The first-order valence-corrected chi connectivity index (χ1v) is 8.75. The van der Waals surface area contributed by atoms with E-state index in [-0.39, 0.29) is 5.04 Å². The molecule has 0 aliphatic carbocycles. The molecule has 0 saturated carbocycles. The van der Waals surface area contributed by atoms with Gasteiger partial charge in [-0.05, 0) is 24.6 Å². The van der Waals surface area contributed by atoms with Crippen molar-refractivity contribution in [3.05, 3.63) is 24.2 Å². The van der Waals surface area contributed by atoms with E-state index in [0.717, 1.165) is 6.42 Å². The van der Waals surface area contributed by atoms with Crippen molar-refractivity contribution in [3.63, 3.8) is 0 Å². The fourth-order valence-corrected chi connectivity index (χ4v) is 1.79.